The lowest BCUT2D eigenvalue weighted by atomic mass is 10.2. The minimum atomic E-state index is -0.172. The molecule has 3 heterocycles. The molecule has 0 atom stereocenters. The quantitative estimate of drug-likeness (QED) is 0.635. The monoisotopic (exact) mass is 376 g/mol. The minimum Gasteiger partial charge on any atom is -0.366 e. The van der Waals surface area contributed by atoms with E-state index in [9.17, 15) is 4.39 Å². The second kappa shape index (κ2) is 6.77. The number of benzene rings is 1. The van der Waals surface area contributed by atoms with Crippen molar-refractivity contribution in [3.05, 3.63) is 46.3 Å². The molecule has 1 aliphatic rings. The summed E-state index contributed by atoms with van der Waals surface area (Å²) in [6, 6.07) is 9.09. The summed E-state index contributed by atoms with van der Waals surface area (Å²) in [5, 5.41) is 1.34. The summed E-state index contributed by atoms with van der Waals surface area (Å²) in [6.45, 7) is 5.17. The number of piperazine rings is 1. The van der Waals surface area contributed by atoms with Gasteiger partial charge in [-0.2, -0.15) is 4.98 Å². The van der Waals surface area contributed by atoms with Gasteiger partial charge in [-0.15, -0.1) is 11.3 Å². The van der Waals surface area contributed by atoms with Crippen molar-refractivity contribution in [1.82, 2.24) is 9.97 Å². The van der Waals surface area contributed by atoms with Crippen molar-refractivity contribution in [1.29, 1.82) is 0 Å². The topological polar surface area (TPSA) is 32.3 Å². The van der Waals surface area contributed by atoms with Gasteiger partial charge in [0.1, 0.15) is 16.5 Å². The summed E-state index contributed by atoms with van der Waals surface area (Å²) in [7, 11) is 0. The van der Waals surface area contributed by atoms with Crippen LogP contribution in [0.15, 0.2) is 30.3 Å². The Hall–Kier alpha value is -1.92. The maximum Gasteiger partial charge on any atom is 0.225 e. The number of para-hydroxylation sites is 1. The number of nitrogens with zero attached hydrogens (tertiary/aromatic N) is 4. The summed E-state index contributed by atoms with van der Waals surface area (Å²) < 4.78 is 14.0. The molecule has 1 aromatic carbocycles. The standard InChI is InChI=1S/C18H18ClFN4S/c1-2-12-11-13-16(21-18(19)22-17(13)25-12)24-9-7-23(8-10-24)15-6-4-3-5-14(15)20/h3-6,11H,2,7-10H2,1H3. The predicted molar refractivity (Wildman–Crippen MR) is 103 cm³/mol. The fourth-order valence-electron chi connectivity index (χ4n) is 3.21. The van der Waals surface area contributed by atoms with Gasteiger partial charge in [-0.25, -0.2) is 9.37 Å². The molecule has 1 aliphatic heterocycles. The first kappa shape index (κ1) is 16.5. The van der Waals surface area contributed by atoms with Crippen molar-refractivity contribution in [3.63, 3.8) is 0 Å². The van der Waals surface area contributed by atoms with Gasteiger partial charge in [0.25, 0.3) is 0 Å². The zero-order chi connectivity index (χ0) is 17.4. The molecule has 130 valence electrons. The van der Waals surface area contributed by atoms with E-state index < -0.39 is 0 Å². The molecule has 0 N–H and O–H groups in total. The SMILES string of the molecule is CCc1cc2c(N3CCN(c4ccccc4F)CC3)nc(Cl)nc2s1. The number of thiophene rings is 1. The van der Waals surface area contributed by atoms with Gasteiger partial charge in [-0.3, -0.25) is 0 Å². The highest BCUT2D eigenvalue weighted by molar-refractivity contribution is 7.18. The Morgan fingerprint density at radius 3 is 2.56 bits per heavy atom. The van der Waals surface area contributed by atoms with E-state index in [1.807, 2.05) is 12.1 Å². The van der Waals surface area contributed by atoms with Gasteiger partial charge in [0, 0.05) is 31.1 Å². The van der Waals surface area contributed by atoms with Crippen LogP contribution in [0.1, 0.15) is 11.8 Å². The van der Waals surface area contributed by atoms with E-state index >= 15 is 0 Å². The van der Waals surface area contributed by atoms with Crippen LogP contribution in [-0.4, -0.2) is 36.1 Å². The Balaban J connectivity index is 1.59. The van der Waals surface area contributed by atoms with Gasteiger partial charge in [0.05, 0.1) is 11.1 Å². The molecular formula is C18H18ClFN4S. The van der Waals surface area contributed by atoms with Crippen molar-refractivity contribution in [3.8, 4) is 0 Å². The number of halogens is 2. The molecular weight excluding hydrogens is 359 g/mol. The second-order valence-electron chi connectivity index (χ2n) is 6.03. The molecule has 0 saturated carbocycles. The average molecular weight is 377 g/mol. The van der Waals surface area contributed by atoms with Crippen LogP contribution < -0.4 is 9.80 Å². The molecule has 0 bridgehead atoms. The first-order valence-electron chi connectivity index (χ1n) is 8.36. The second-order valence-corrected chi connectivity index (χ2v) is 7.48. The van der Waals surface area contributed by atoms with Crippen LogP contribution in [0.5, 0.6) is 0 Å². The maximum atomic E-state index is 14.0. The Bertz CT molecular complexity index is 905. The van der Waals surface area contributed by atoms with E-state index in [0.29, 0.717) is 5.69 Å². The van der Waals surface area contributed by atoms with E-state index in [0.717, 1.165) is 48.6 Å². The van der Waals surface area contributed by atoms with Crippen LogP contribution in [0.4, 0.5) is 15.9 Å². The molecule has 4 nitrogen and oxygen atoms in total. The lowest BCUT2D eigenvalue weighted by Crippen LogP contribution is -2.47. The zero-order valence-corrected chi connectivity index (χ0v) is 15.4. The van der Waals surface area contributed by atoms with Gasteiger partial charge >= 0.3 is 0 Å². The number of rotatable bonds is 3. The highest BCUT2D eigenvalue weighted by Gasteiger charge is 2.23. The molecule has 0 aliphatic carbocycles. The first-order valence-corrected chi connectivity index (χ1v) is 9.55. The third-order valence-corrected chi connectivity index (χ3v) is 5.86. The van der Waals surface area contributed by atoms with Crippen molar-refractivity contribution >= 4 is 44.7 Å². The lowest BCUT2D eigenvalue weighted by molar-refractivity contribution is 0.596. The predicted octanol–water partition coefficient (Wildman–Crippen LogP) is 4.37. The molecule has 7 heteroatoms. The number of aromatic nitrogens is 2. The summed E-state index contributed by atoms with van der Waals surface area (Å²) in [4.78, 5) is 15.4. The van der Waals surface area contributed by atoms with Crippen LogP contribution >= 0.6 is 22.9 Å². The molecule has 0 amide bonds. The van der Waals surface area contributed by atoms with Gasteiger partial charge in [-0.1, -0.05) is 19.1 Å². The van der Waals surface area contributed by atoms with E-state index in [1.54, 1.807) is 17.4 Å². The summed E-state index contributed by atoms with van der Waals surface area (Å²) in [5.41, 5.74) is 0.664. The van der Waals surface area contributed by atoms with Gasteiger partial charge in [0.15, 0.2) is 0 Å². The number of hydrogen-bond acceptors (Lipinski definition) is 5. The fraction of sp³-hybridized carbons (Fsp3) is 0.333. The number of hydrogen-bond donors (Lipinski definition) is 0. The van der Waals surface area contributed by atoms with E-state index in [-0.39, 0.29) is 11.1 Å². The third kappa shape index (κ3) is 3.16. The van der Waals surface area contributed by atoms with Gasteiger partial charge in [-0.05, 0) is 36.2 Å². The molecule has 0 radical (unpaired) electrons. The normalized spacial score (nSPS) is 15.2. The highest BCUT2D eigenvalue weighted by Crippen LogP contribution is 2.33. The molecule has 0 spiro atoms. The van der Waals surface area contributed by atoms with Crippen LogP contribution in [-0.2, 0) is 6.42 Å². The molecule has 25 heavy (non-hydrogen) atoms. The summed E-state index contributed by atoms with van der Waals surface area (Å²) >= 11 is 7.81. The Morgan fingerprint density at radius 2 is 1.84 bits per heavy atom. The largest absolute Gasteiger partial charge is 0.366 e. The molecule has 1 saturated heterocycles. The lowest BCUT2D eigenvalue weighted by Gasteiger charge is -2.37. The third-order valence-electron chi connectivity index (χ3n) is 4.52. The number of fused-ring (bicyclic) bond motifs is 1. The number of anilines is 2. The molecule has 0 unspecified atom stereocenters. The Labute approximate surface area is 154 Å². The maximum absolute atomic E-state index is 14.0. The van der Waals surface area contributed by atoms with Crippen molar-refractivity contribution in [2.24, 2.45) is 0 Å². The van der Waals surface area contributed by atoms with Crippen LogP contribution in [0.2, 0.25) is 5.28 Å². The first-order chi connectivity index (χ1) is 12.2. The summed E-state index contributed by atoms with van der Waals surface area (Å²) in [6.07, 6.45) is 0.971. The van der Waals surface area contributed by atoms with E-state index in [4.69, 9.17) is 11.6 Å². The van der Waals surface area contributed by atoms with Crippen LogP contribution in [0.25, 0.3) is 10.2 Å². The zero-order valence-electron chi connectivity index (χ0n) is 13.9. The van der Waals surface area contributed by atoms with Crippen molar-refractivity contribution in [2.75, 3.05) is 36.0 Å². The van der Waals surface area contributed by atoms with Gasteiger partial charge < -0.3 is 9.80 Å². The van der Waals surface area contributed by atoms with Gasteiger partial charge in [0.2, 0.25) is 5.28 Å². The highest BCUT2D eigenvalue weighted by atomic mass is 35.5. The van der Waals surface area contributed by atoms with Crippen molar-refractivity contribution in [2.45, 2.75) is 13.3 Å². The Morgan fingerprint density at radius 1 is 1.12 bits per heavy atom. The van der Waals surface area contributed by atoms with Crippen molar-refractivity contribution < 1.29 is 4.39 Å². The Kier molecular flexibility index (Phi) is 4.48. The fourth-order valence-corrected chi connectivity index (χ4v) is 4.39. The smallest absolute Gasteiger partial charge is 0.225 e. The average Bonchev–Trinajstić information content (AvgIpc) is 3.04. The molecule has 1 fully saturated rings. The summed E-state index contributed by atoms with van der Waals surface area (Å²) in [5.74, 6) is 0.716. The molecule has 4 rings (SSSR count). The van der Waals surface area contributed by atoms with E-state index in [2.05, 4.69) is 32.8 Å². The number of aryl methyl sites for hydroxylation is 1. The minimum absolute atomic E-state index is 0.172. The van der Waals surface area contributed by atoms with Crippen LogP contribution in [0, 0.1) is 5.82 Å². The van der Waals surface area contributed by atoms with Crippen LogP contribution in [0.3, 0.4) is 0 Å². The molecule has 3 aromatic rings. The van der Waals surface area contributed by atoms with E-state index in [1.165, 1.54) is 10.9 Å². The molecule has 2 aromatic heterocycles.